The van der Waals surface area contributed by atoms with Crippen LogP contribution in [0.5, 0.6) is 0 Å². The SMILES string of the molecule is CCNC(=NCc1ccccc1S(=O)(=O)N1CCN(C)CC1)NCC1CC1.I. The zero-order valence-corrected chi connectivity index (χ0v) is 19.9. The Morgan fingerprint density at radius 3 is 2.46 bits per heavy atom. The molecule has 2 N–H and O–H groups in total. The van der Waals surface area contributed by atoms with Gasteiger partial charge in [0.25, 0.3) is 0 Å². The molecule has 1 aromatic carbocycles. The average Bonchev–Trinajstić information content (AvgIpc) is 3.49. The highest BCUT2D eigenvalue weighted by Gasteiger charge is 2.29. The van der Waals surface area contributed by atoms with Crippen molar-refractivity contribution in [1.82, 2.24) is 19.8 Å². The molecule has 1 saturated carbocycles. The molecule has 2 fully saturated rings. The summed E-state index contributed by atoms with van der Waals surface area (Å²) in [7, 11) is -1.48. The van der Waals surface area contributed by atoms with Gasteiger partial charge in [-0.2, -0.15) is 4.31 Å². The molecule has 28 heavy (non-hydrogen) atoms. The van der Waals surface area contributed by atoms with Gasteiger partial charge in [-0.05, 0) is 44.4 Å². The van der Waals surface area contributed by atoms with Crippen LogP contribution < -0.4 is 10.6 Å². The summed E-state index contributed by atoms with van der Waals surface area (Å²) in [4.78, 5) is 7.14. The molecule has 2 aliphatic rings. The van der Waals surface area contributed by atoms with E-state index in [2.05, 4.69) is 20.5 Å². The van der Waals surface area contributed by atoms with Crippen LogP contribution in [0.4, 0.5) is 0 Å². The molecule has 0 spiro atoms. The molecule has 3 rings (SSSR count). The number of guanidine groups is 1. The van der Waals surface area contributed by atoms with E-state index in [4.69, 9.17) is 0 Å². The Morgan fingerprint density at radius 2 is 1.82 bits per heavy atom. The Hall–Kier alpha value is -0.910. The van der Waals surface area contributed by atoms with E-state index in [1.54, 1.807) is 16.4 Å². The van der Waals surface area contributed by atoms with Crippen molar-refractivity contribution >= 4 is 40.0 Å². The number of likely N-dealkylation sites (N-methyl/N-ethyl adjacent to an activating group) is 1. The van der Waals surface area contributed by atoms with Gasteiger partial charge in [-0.1, -0.05) is 18.2 Å². The van der Waals surface area contributed by atoms with Crippen LogP contribution in [0.3, 0.4) is 0 Å². The molecule has 158 valence electrons. The fourth-order valence-corrected chi connectivity index (χ4v) is 4.76. The second-order valence-electron chi connectivity index (χ2n) is 7.33. The van der Waals surface area contributed by atoms with Crippen molar-refractivity contribution in [2.45, 2.75) is 31.2 Å². The van der Waals surface area contributed by atoms with E-state index in [-0.39, 0.29) is 24.0 Å². The van der Waals surface area contributed by atoms with Crippen molar-refractivity contribution in [2.75, 3.05) is 46.3 Å². The third-order valence-corrected chi connectivity index (χ3v) is 7.06. The number of hydrogen-bond acceptors (Lipinski definition) is 4. The minimum Gasteiger partial charge on any atom is -0.357 e. The summed E-state index contributed by atoms with van der Waals surface area (Å²) < 4.78 is 27.9. The van der Waals surface area contributed by atoms with Crippen molar-refractivity contribution < 1.29 is 8.42 Å². The maximum atomic E-state index is 13.1. The Morgan fingerprint density at radius 1 is 1.14 bits per heavy atom. The van der Waals surface area contributed by atoms with Crippen LogP contribution in [0.1, 0.15) is 25.3 Å². The summed E-state index contributed by atoms with van der Waals surface area (Å²) in [6, 6.07) is 7.21. The van der Waals surface area contributed by atoms with E-state index in [1.165, 1.54) is 12.8 Å². The molecular weight excluding hydrogens is 489 g/mol. The van der Waals surface area contributed by atoms with Crippen molar-refractivity contribution in [1.29, 1.82) is 0 Å². The average molecular weight is 521 g/mol. The van der Waals surface area contributed by atoms with Crippen LogP contribution in [0.2, 0.25) is 0 Å². The number of aliphatic imine (C=N–C) groups is 1. The van der Waals surface area contributed by atoms with Crippen molar-refractivity contribution in [3.8, 4) is 0 Å². The molecule has 0 atom stereocenters. The van der Waals surface area contributed by atoms with Gasteiger partial charge < -0.3 is 15.5 Å². The predicted octanol–water partition coefficient (Wildman–Crippen LogP) is 1.71. The van der Waals surface area contributed by atoms with E-state index in [1.807, 2.05) is 26.1 Å². The number of halogens is 1. The van der Waals surface area contributed by atoms with Crippen molar-refractivity contribution in [3.05, 3.63) is 29.8 Å². The highest BCUT2D eigenvalue weighted by Crippen LogP contribution is 2.27. The second kappa shape index (κ2) is 10.7. The predicted molar refractivity (Wildman–Crippen MR) is 124 cm³/mol. The normalized spacial score (nSPS) is 19.1. The molecule has 0 unspecified atom stereocenters. The zero-order valence-electron chi connectivity index (χ0n) is 16.7. The standard InChI is InChI=1S/C19H31N5O2S.HI/c1-3-20-19(21-14-16-8-9-16)22-15-17-6-4-5-7-18(17)27(25,26)24-12-10-23(2)11-13-24;/h4-7,16H,3,8-15H2,1-2H3,(H2,20,21,22);1H. The lowest BCUT2D eigenvalue weighted by Crippen LogP contribution is -2.47. The van der Waals surface area contributed by atoms with Gasteiger partial charge in [0.1, 0.15) is 0 Å². The van der Waals surface area contributed by atoms with Gasteiger partial charge in [0, 0.05) is 39.3 Å². The largest absolute Gasteiger partial charge is 0.357 e. The van der Waals surface area contributed by atoms with Gasteiger partial charge in [0.15, 0.2) is 5.96 Å². The first-order valence-electron chi connectivity index (χ1n) is 9.79. The monoisotopic (exact) mass is 521 g/mol. The summed E-state index contributed by atoms with van der Waals surface area (Å²) in [5.74, 6) is 1.50. The summed E-state index contributed by atoms with van der Waals surface area (Å²) in [6.07, 6.45) is 2.55. The third-order valence-electron chi connectivity index (χ3n) is 5.06. The molecule has 0 radical (unpaired) electrons. The fourth-order valence-electron chi connectivity index (χ4n) is 3.12. The first-order chi connectivity index (χ1) is 13.0. The Balaban J connectivity index is 0.00000280. The second-order valence-corrected chi connectivity index (χ2v) is 9.24. The van der Waals surface area contributed by atoms with E-state index in [9.17, 15) is 8.42 Å². The highest BCUT2D eigenvalue weighted by molar-refractivity contribution is 14.0. The summed E-state index contributed by atoms with van der Waals surface area (Å²) in [6.45, 7) is 6.64. The molecule has 1 aromatic rings. The van der Waals surface area contributed by atoms with E-state index >= 15 is 0 Å². The minimum atomic E-state index is -3.50. The Bertz CT molecular complexity index is 759. The molecular formula is C19H32IN5O2S. The quantitative estimate of drug-likeness (QED) is 0.325. The van der Waals surface area contributed by atoms with Crippen LogP contribution in [-0.2, 0) is 16.6 Å². The van der Waals surface area contributed by atoms with Gasteiger partial charge in [0.2, 0.25) is 10.0 Å². The van der Waals surface area contributed by atoms with Gasteiger partial charge in [-0.25, -0.2) is 13.4 Å². The smallest absolute Gasteiger partial charge is 0.243 e. The van der Waals surface area contributed by atoms with Crippen LogP contribution >= 0.6 is 24.0 Å². The number of sulfonamides is 1. The Kier molecular flexibility index (Phi) is 8.97. The Labute approximate surface area is 186 Å². The first-order valence-corrected chi connectivity index (χ1v) is 11.2. The third kappa shape index (κ3) is 6.30. The number of rotatable bonds is 7. The zero-order chi connectivity index (χ0) is 19.3. The molecule has 0 amide bonds. The van der Waals surface area contributed by atoms with E-state index in [0.29, 0.717) is 24.5 Å². The minimum absolute atomic E-state index is 0. The van der Waals surface area contributed by atoms with E-state index < -0.39 is 10.0 Å². The fraction of sp³-hybridized carbons (Fsp3) is 0.632. The lowest BCUT2D eigenvalue weighted by atomic mass is 10.2. The van der Waals surface area contributed by atoms with Gasteiger partial charge in [0.05, 0.1) is 11.4 Å². The number of hydrogen-bond donors (Lipinski definition) is 2. The molecule has 1 heterocycles. The summed E-state index contributed by atoms with van der Waals surface area (Å²) in [5.41, 5.74) is 0.736. The molecule has 1 aliphatic heterocycles. The maximum Gasteiger partial charge on any atom is 0.243 e. The lowest BCUT2D eigenvalue weighted by molar-refractivity contribution is 0.222. The summed E-state index contributed by atoms with van der Waals surface area (Å²) in [5, 5.41) is 6.59. The summed E-state index contributed by atoms with van der Waals surface area (Å²) >= 11 is 0. The molecule has 0 aromatic heterocycles. The lowest BCUT2D eigenvalue weighted by Gasteiger charge is -2.32. The first kappa shape index (κ1) is 23.4. The number of nitrogens with zero attached hydrogens (tertiary/aromatic N) is 3. The number of piperazine rings is 1. The highest BCUT2D eigenvalue weighted by atomic mass is 127. The number of nitrogens with one attached hydrogen (secondary N) is 2. The van der Waals surface area contributed by atoms with Gasteiger partial charge in [-0.15, -0.1) is 24.0 Å². The molecule has 7 nitrogen and oxygen atoms in total. The van der Waals surface area contributed by atoms with Crippen LogP contribution in [0.25, 0.3) is 0 Å². The topological polar surface area (TPSA) is 77.0 Å². The van der Waals surface area contributed by atoms with Gasteiger partial charge >= 0.3 is 0 Å². The number of benzene rings is 1. The molecule has 0 bridgehead atoms. The molecule has 1 aliphatic carbocycles. The van der Waals surface area contributed by atoms with Crippen molar-refractivity contribution in [2.24, 2.45) is 10.9 Å². The van der Waals surface area contributed by atoms with Crippen LogP contribution in [0.15, 0.2) is 34.2 Å². The maximum absolute atomic E-state index is 13.1. The molecule has 1 saturated heterocycles. The van der Waals surface area contributed by atoms with Gasteiger partial charge in [-0.3, -0.25) is 0 Å². The molecule has 9 heteroatoms. The van der Waals surface area contributed by atoms with Crippen molar-refractivity contribution in [3.63, 3.8) is 0 Å². The van der Waals surface area contributed by atoms with E-state index in [0.717, 1.165) is 43.6 Å². The van der Waals surface area contributed by atoms with Crippen LogP contribution in [-0.4, -0.2) is 69.9 Å². The van der Waals surface area contributed by atoms with Crippen LogP contribution in [0, 0.1) is 5.92 Å².